The maximum atomic E-state index is 13.9. The van der Waals surface area contributed by atoms with Gasteiger partial charge in [-0.3, -0.25) is 14.5 Å². The zero-order chi connectivity index (χ0) is 22.2. The Kier molecular flexibility index (Phi) is 5.61. The molecule has 2 saturated heterocycles. The number of para-hydroxylation sites is 1. The van der Waals surface area contributed by atoms with Crippen LogP contribution in [0, 0.1) is 11.8 Å². The highest BCUT2D eigenvalue weighted by Gasteiger charge is 2.40. The van der Waals surface area contributed by atoms with Crippen LogP contribution in [-0.4, -0.2) is 72.0 Å². The summed E-state index contributed by atoms with van der Waals surface area (Å²) < 4.78 is 5.54. The molecule has 2 N–H and O–H groups in total. The average Bonchev–Trinajstić information content (AvgIpc) is 3.43. The number of fused-ring (bicyclic) bond motifs is 1. The first-order valence-electron chi connectivity index (χ1n) is 11.4. The molecule has 3 aliphatic rings. The van der Waals surface area contributed by atoms with Gasteiger partial charge in [-0.15, -0.1) is 0 Å². The number of nitrogens with zero attached hydrogens (tertiary/aromatic N) is 2. The van der Waals surface area contributed by atoms with Gasteiger partial charge in [0.05, 0.1) is 30.1 Å². The molecule has 0 radical (unpaired) electrons. The Hall–Kier alpha value is -2.90. The molecule has 2 atom stereocenters. The minimum Gasteiger partial charge on any atom is -0.379 e. The molecule has 0 spiro atoms. The van der Waals surface area contributed by atoms with Crippen molar-refractivity contribution >= 4 is 28.6 Å². The lowest BCUT2D eigenvalue weighted by Crippen LogP contribution is -2.58. The van der Waals surface area contributed by atoms with E-state index in [1.807, 2.05) is 41.3 Å². The standard InChI is InChI=1S/C25H30N4O3/c1-16-14-29(15-17(2)23(16)28-10-12-32-13-11-28)25(31)22(20-8-5-9-26-20)21-18-6-3-4-7-19(18)27-24(21)30/h3-9,16-17,23,26H,10-15H2,1-2H3,(H,27,30)/b22-21-. The number of nitrogens with one attached hydrogen (secondary N) is 2. The van der Waals surface area contributed by atoms with Gasteiger partial charge in [-0.25, -0.2) is 0 Å². The summed E-state index contributed by atoms with van der Waals surface area (Å²) in [7, 11) is 0. The van der Waals surface area contributed by atoms with Gasteiger partial charge in [-0.05, 0) is 30.0 Å². The number of hydrogen-bond acceptors (Lipinski definition) is 4. The van der Waals surface area contributed by atoms with Gasteiger partial charge in [0.15, 0.2) is 0 Å². The fraction of sp³-hybridized carbons (Fsp3) is 0.440. The summed E-state index contributed by atoms with van der Waals surface area (Å²) in [6.45, 7) is 9.25. The van der Waals surface area contributed by atoms with E-state index in [4.69, 9.17) is 4.74 Å². The Morgan fingerprint density at radius 1 is 1.03 bits per heavy atom. The number of morpholine rings is 1. The van der Waals surface area contributed by atoms with E-state index >= 15 is 0 Å². The third kappa shape index (κ3) is 3.65. The third-order valence-corrected chi connectivity index (χ3v) is 6.94. The fourth-order valence-corrected chi connectivity index (χ4v) is 5.67. The predicted octanol–water partition coefficient (Wildman–Crippen LogP) is 2.69. The lowest BCUT2D eigenvalue weighted by molar-refractivity contribution is -0.130. The monoisotopic (exact) mass is 434 g/mol. The van der Waals surface area contributed by atoms with Gasteiger partial charge >= 0.3 is 0 Å². The highest BCUT2D eigenvalue weighted by atomic mass is 16.5. The number of carbonyl (C=O) groups is 2. The number of benzene rings is 1. The third-order valence-electron chi connectivity index (χ3n) is 6.94. The van der Waals surface area contributed by atoms with Gasteiger partial charge in [-0.2, -0.15) is 0 Å². The van der Waals surface area contributed by atoms with Gasteiger partial charge in [-0.1, -0.05) is 32.0 Å². The second-order valence-corrected chi connectivity index (χ2v) is 9.14. The summed E-state index contributed by atoms with van der Waals surface area (Å²) in [5.41, 5.74) is 3.09. The molecule has 168 valence electrons. The molecular weight excluding hydrogens is 404 g/mol. The van der Waals surface area contributed by atoms with Crippen LogP contribution in [0.15, 0.2) is 42.6 Å². The van der Waals surface area contributed by atoms with Crippen molar-refractivity contribution in [1.82, 2.24) is 14.8 Å². The van der Waals surface area contributed by atoms with E-state index in [0.717, 1.165) is 37.6 Å². The zero-order valence-electron chi connectivity index (χ0n) is 18.6. The number of aromatic nitrogens is 1. The van der Waals surface area contributed by atoms with Crippen LogP contribution in [0.4, 0.5) is 5.69 Å². The van der Waals surface area contributed by atoms with Crippen molar-refractivity contribution in [2.75, 3.05) is 44.7 Å². The summed E-state index contributed by atoms with van der Waals surface area (Å²) in [5.74, 6) is 0.350. The van der Waals surface area contributed by atoms with Crippen LogP contribution < -0.4 is 5.32 Å². The van der Waals surface area contributed by atoms with E-state index in [-0.39, 0.29) is 11.8 Å². The molecule has 2 amide bonds. The highest BCUT2D eigenvalue weighted by molar-refractivity contribution is 6.45. The summed E-state index contributed by atoms with van der Waals surface area (Å²) in [4.78, 5) is 34.5. The number of hydrogen-bond donors (Lipinski definition) is 2. The summed E-state index contributed by atoms with van der Waals surface area (Å²) in [6.07, 6.45) is 1.79. The van der Waals surface area contributed by atoms with Gasteiger partial charge in [0, 0.05) is 49.7 Å². The zero-order valence-corrected chi connectivity index (χ0v) is 18.6. The van der Waals surface area contributed by atoms with Crippen molar-refractivity contribution < 1.29 is 14.3 Å². The first-order chi connectivity index (χ1) is 15.5. The van der Waals surface area contributed by atoms with Crippen LogP contribution in [-0.2, 0) is 14.3 Å². The Bertz CT molecular complexity index is 1030. The van der Waals surface area contributed by atoms with E-state index in [2.05, 4.69) is 29.0 Å². The number of likely N-dealkylation sites (tertiary alicyclic amines) is 1. The smallest absolute Gasteiger partial charge is 0.257 e. The van der Waals surface area contributed by atoms with E-state index in [1.54, 1.807) is 6.20 Å². The Morgan fingerprint density at radius 2 is 1.75 bits per heavy atom. The van der Waals surface area contributed by atoms with Crippen molar-refractivity contribution in [2.45, 2.75) is 19.9 Å². The number of carbonyl (C=O) groups excluding carboxylic acids is 2. The first kappa shape index (κ1) is 21.0. The summed E-state index contributed by atoms with van der Waals surface area (Å²) in [5, 5.41) is 2.92. The average molecular weight is 435 g/mol. The molecule has 2 fully saturated rings. The SMILES string of the molecule is CC1CN(C(=O)/C(=C2\C(=O)Nc3ccccc32)c2ccc[nH]2)CC(C)C1N1CCOCC1. The Labute approximate surface area is 188 Å². The molecule has 5 rings (SSSR count). The van der Waals surface area contributed by atoms with Crippen LogP contribution in [0.1, 0.15) is 25.1 Å². The van der Waals surface area contributed by atoms with Crippen molar-refractivity contribution in [3.05, 3.63) is 53.9 Å². The topological polar surface area (TPSA) is 77.7 Å². The molecule has 3 aliphatic heterocycles. The molecule has 2 aromatic rings. The van der Waals surface area contributed by atoms with Crippen LogP contribution in [0.5, 0.6) is 0 Å². The van der Waals surface area contributed by atoms with E-state index in [0.29, 0.717) is 47.8 Å². The molecule has 7 nitrogen and oxygen atoms in total. The quantitative estimate of drug-likeness (QED) is 0.729. The number of rotatable bonds is 3. The molecule has 0 saturated carbocycles. The molecular formula is C25H30N4O3. The molecule has 0 aliphatic carbocycles. The molecule has 1 aromatic heterocycles. The minimum atomic E-state index is -0.228. The molecule has 2 unspecified atom stereocenters. The molecule has 7 heteroatoms. The van der Waals surface area contributed by atoms with Gasteiger partial charge in [0.1, 0.15) is 0 Å². The molecule has 4 heterocycles. The molecule has 32 heavy (non-hydrogen) atoms. The second-order valence-electron chi connectivity index (χ2n) is 9.14. The van der Waals surface area contributed by atoms with Gasteiger partial charge in [0.25, 0.3) is 11.8 Å². The van der Waals surface area contributed by atoms with E-state index in [1.165, 1.54) is 0 Å². The number of amides is 2. The Balaban J connectivity index is 1.48. The van der Waals surface area contributed by atoms with Crippen molar-refractivity contribution in [2.24, 2.45) is 11.8 Å². The maximum Gasteiger partial charge on any atom is 0.257 e. The van der Waals surface area contributed by atoms with Crippen LogP contribution in [0.2, 0.25) is 0 Å². The molecule has 0 bridgehead atoms. The summed E-state index contributed by atoms with van der Waals surface area (Å²) in [6, 6.07) is 11.7. The van der Waals surface area contributed by atoms with Crippen LogP contribution >= 0.6 is 0 Å². The van der Waals surface area contributed by atoms with Crippen LogP contribution in [0.25, 0.3) is 11.1 Å². The largest absolute Gasteiger partial charge is 0.379 e. The maximum absolute atomic E-state index is 13.9. The van der Waals surface area contributed by atoms with E-state index < -0.39 is 0 Å². The molecule has 1 aromatic carbocycles. The normalized spacial score (nSPS) is 27.8. The number of anilines is 1. The summed E-state index contributed by atoms with van der Waals surface area (Å²) >= 11 is 0. The van der Waals surface area contributed by atoms with Gasteiger partial charge < -0.3 is 19.9 Å². The minimum absolute atomic E-state index is 0.0894. The number of piperidine rings is 1. The second kappa shape index (κ2) is 8.56. The Morgan fingerprint density at radius 3 is 2.44 bits per heavy atom. The lowest BCUT2D eigenvalue weighted by atomic mass is 9.83. The first-order valence-corrected chi connectivity index (χ1v) is 11.4. The predicted molar refractivity (Wildman–Crippen MR) is 124 cm³/mol. The lowest BCUT2D eigenvalue weighted by Gasteiger charge is -2.47. The number of aromatic amines is 1. The van der Waals surface area contributed by atoms with Crippen molar-refractivity contribution in [1.29, 1.82) is 0 Å². The number of H-pyrrole nitrogens is 1. The highest BCUT2D eigenvalue weighted by Crippen LogP contribution is 2.38. The van der Waals surface area contributed by atoms with Gasteiger partial charge in [0.2, 0.25) is 0 Å². The van der Waals surface area contributed by atoms with Crippen molar-refractivity contribution in [3.8, 4) is 0 Å². The fourth-order valence-electron chi connectivity index (χ4n) is 5.67. The number of ether oxygens (including phenoxy) is 1. The van der Waals surface area contributed by atoms with Crippen LogP contribution in [0.3, 0.4) is 0 Å². The van der Waals surface area contributed by atoms with E-state index in [9.17, 15) is 9.59 Å². The van der Waals surface area contributed by atoms with Crippen molar-refractivity contribution in [3.63, 3.8) is 0 Å².